The van der Waals surface area contributed by atoms with Gasteiger partial charge in [-0.1, -0.05) is 31.6 Å². The Morgan fingerprint density at radius 3 is 2.28 bits per heavy atom. The van der Waals surface area contributed by atoms with Gasteiger partial charge < -0.3 is 9.47 Å². The molecular formula is C18H28O7. The van der Waals surface area contributed by atoms with Crippen LogP contribution in [0.5, 0.6) is 0 Å². The van der Waals surface area contributed by atoms with E-state index in [-0.39, 0.29) is 24.6 Å². The molecule has 4 atom stereocenters. The molecule has 142 valence electrons. The van der Waals surface area contributed by atoms with Crippen molar-refractivity contribution in [3.05, 3.63) is 24.3 Å². The van der Waals surface area contributed by atoms with Crippen molar-refractivity contribution in [3.8, 4) is 0 Å². The van der Waals surface area contributed by atoms with Gasteiger partial charge in [-0.05, 0) is 25.3 Å². The summed E-state index contributed by atoms with van der Waals surface area (Å²) in [5, 5.41) is 0. The maximum Gasteiger partial charge on any atom is 0.308 e. The van der Waals surface area contributed by atoms with Gasteiger partial charge in [-0.3, -0.25) is 4.79 Å². The number of ether oxygens (including phenoxy) is 2. The van der Waals surface area contributed by atoms with Crippen LogP contribution in [0.4, 0.5) is 0 Å². The third-order valence-electron chi connectivity index (χ3n) is 4.25. The highest BCUT2D eigenvalue weighted by molar-refractivity contribution is 5.70. The molecule has 0 amide bonds. The molecule has 2 aliphatic heterocycles. The second kappa shape index (κ2) is 10.0. The maximum atomic E-state index is 11.3. The van der Waals surface area contributed by atoms with Crippen LogP contribution in [0, 0.1) is 0 Å². The standard InChI is InChI=1S/C18H28O7/c1-4-6-14-8-9-15(23-22-14)7-5-11-18(21-3)12-10-16(24-25-18)13-17(19)20-2/h8-10,12,14-16H,4-7,11,13H2,1-3H3. The van der Waals surface area contributed by atoms with Crippen molar-refractivity contribution in [2.75, 3.05) is 14.2 Å². The minimum atomic E-state index is -0.948. The highest BCUT2D eigenvalue weighted by atomic mass is 17.2. The van der Waals surface area contributed by atoms with Gasteiger partial charge in [-0.2, -0.15) is 4.89 Å². The van der Waals surface area contributed by atoms with E-state index in [9.17, 15) is 4.79 Å². The first-order valence-electron chi connectivity index (χ1n) is 8.77. The SMILES string of the molecule is CCCC1C=CC(CCCC2(OC)C=CC(CC(=O)OC)OO2)OO1. The van der Waals surface area contributed by atoms with Crippen LogP contribution in [0.15, 0.2) is 24.3 Å². The fraction of sp³-hybridized carbons (Fsp3) is 0.722. The van der Waals surface area contributed by atoms with Gasteiger partial charge in [0, 0.05) is 13.5 Å². The number of hydrogen-bond acceptors (Lipinski definition) is 7. The van der Waals surface area contributed by atoms with E-state index in [0.29, 0.717) is 6.42 Å². The van der Waals surface area contributed by atoms with Crippen LogP contribution in [0.3, 0.4) is 0 Å². The Hall–Kier alpha value is -1.25. The highest BCUT2D eigenvalue weighted by Gasteiger charge is 2.34. The molecule has 0 aromatic rings. The Morgan fingerprint density at radius 1 is 1.04 bits per heavy atom. The van der Waals surface area contributed by atoms with Crippen LogP contribution in [0.1, 0.15) is 45.4 Å². The minimum Gasteiger partial charge on any atom is -0.469 e. The molecule has 0 N–H and O–H groups in total. The first-order valence-corrected chi connectivity index (χ1v) is 8.77. The van der Waals surface area contributed by atoms with E-state index in [1.165, 1.54) is 7.11 Å². The smallest absolute Gasteiger partial charge is 0.308 e. The maximum absolute atomic E-state index is 11.3. The molecule has 2 rings (SSSR count). The normalized spacial score (nSPS) is 31.9. The number of carbonyl (C=O) groups excluding carboxylic acids is 1. The zero-order valence-electron chi connectivity index (χ0n) is 15.1. The molecule has 0 fully saturated rings. The lowest BCUT2D eigenvalue weighted by Gasteiger charge is -2.33. The van der Waals surface area contributed by atoms with Crippen molar-refractivity contribution in [1.82, 2.24) is 0 Å². The largest absolute Gasteiger partial charge is 0.469 e. The summed E-state index contributed by atoms with van der Waals surface area (Å²) in [5.74, 6) is -1.30. The monoisotopic (exact) mass is 356 g/mol. The molecule has 7 heteroatoms. The van der Waals surface area contributed by atoms with Crippen LogP contribution in [-0.2, 0) is 33.8 Å². The quantitative estimate of drug-likeness (QED) is 0.357. The van der Waals surface area contributed by atoms with Gasteiger partial charge in [0.1, 0.15) is 18.3 Å². The summed E-state index contributed by atoms with van der Waals surface area (Å²) in [4.78, 5) is 32.7. The molecule has 2 aliphatic rings. The summed E-state index contributed by atoms with van der Waals surface area (Å²) in [6.07, 6.45) is 11.5. The molecule has 0 spiro atoms. The first-order chi connectivity index (χ1) is 12.1. The van der Waals surface area contributed by atoms with E-state index >= 15 is 0 Å². The summed E-state index contributed by atoms with van der Waals surface area (Å²) in [6, 6.07) is 0. The van der Waals surface area contributed by atoms with Gasteiger partial charge in [0.15, 0.2) is 0 Å². The molecule has 0 aromatic heterocycles. The molecule has 0 bridgehead atoms. The van der Waals surface area contributed by atoms with E-state index in [0.717, 1.165) is 25.7 Å². The number of carbonyl (C=O) groups is 1. The van der Waals surface area contributed by atoms with Crippen LogP contribution < -0.4 is 0 Å². The van der Waals surface area contributed by atoms with E-state index in [2.05, 4.69) is 17.7 Å². The Kier molecular flexibility index (Phi) is 8.05. The molecule has 0 radical (unpaired) electrons. The second-order valence-electron chi connectivity index (χ2n) is 6.21. The fourth-order valence-electron chi connectivity index (χ4n) is 2.71. The lowest BCUT2D eigenvalue weighted by Crippen LogP contribution is -2.38. The molecule has 0 saturated carbocycles. The molecule has 0 aliphatic carbocycles. The lowest BCUT2D eigenvalue weighted by molar-refractivity contribution is -0.428. The molecule has 0 saturated heterocycles. The third kappa shape index (κ3) is 6.20. The van der Waals surface area contributed by atoms with Crippen LogP contribution in [0.25, 0.3) is 0 Å². The molecular weight excluding hydrogens is 328 g/mol. The molecule has 25 heavy (non-hydrogen) atoms. The van der Waals surface area contributed by atoms with E-state index in [1.807, 2.05) is 6.08 Å². The summed E-state index contributed by atoms with van der Waals surface area (Å²) in [5.41, 5.74) is 0. The van der Waals surface area contributed by atoms with Crippen molar-refractivity contribution < 1.29 is 33.8 Å². The fourth-order valence-corrected chi connectivity index (χ4v) is 2.71. The minimum absolute atomic E-state index is 0.0522. The summed E-state index contributed by atoms with van der Waals surface area (Å²) in [6.45, 7) is 2.11. The van der Waals surface area contributed by atoms with Crippen LogP contribution >= 0.6 is 0 Å². The van der Waals surface area contributed by atoms with Crippen LogP contribution in [0.2, 0.25) is 0 Å². The topological polar surface area (TPSA) is 72.5 Å². The van der Waals surface area contributed by atoms with Crippen molar-refractivity contribution >= 4 is 5.97 Å². The van der Waals surface area contributed by atoms with Gasteiger partial charge >= 0.3 is 5.97 Å². The lowest BCUT2D eigenvalue weighted by atomic mass is 10.0. The van der Waals surface area contributed by atoms with Gasteiger partial charge in [-0.25, -0.2) is 14.7 Å². The predicted octanol–water partition coefficient (Wildman–Crippen LogP) is 3.00. The zero-order chi connectivity index (χ0) is 18.1. The number of methoxy groups -OCH3 is 2. The van der Waals surface area contributed by atoms with Gasteiger partial charge in [-0.15, -0.1) is 0 Å². The zero-order valence-corrected chi connectivity index (χ0v) is 15.1. The highest BCUT2D eigenvalue weighted by Crippen LogP contribution is 2.29. The van der Waals surface area contributed by atoms with E-state index < -0.39 is 11.9 Å². The van der Waals surface area contributed by atoms with Gasteiger partial charge in [0.05, 0.1) is 13.5 Å². The van der Waals surface area contributed by atoms with E-state index in [1.54, 1.807) is 19.3 Å². The van der Waals surface area contributed by atoms with Crippen molar-refractivity contribution in [2.24, 2.45) is 0 Å². The third-order valence-corrected chi connectivity index (χ3v) is 4.25. The Labute approximate surface area is 148 Å². The number of hydrogen-bond donors (Lipinski definition) is 0. The average Bonchev–Trinajstić information content (AvgIpc) is 2.65. The number of esters is 1. The summed E-state index contributed by atoms with van der Waals surface area (Å²) >= 11 is 0. The van der Waals surface area contributed by atoms with E-state index in [4.69, 9.17) is 24.3 Å². The van der Waals surface area contributed by atoms with Gasteiger partial charge in [0.25, 0.3) is 0 Å². The van der Waals surface area contributed by atoms with Gasteiger partial charge in [0.2, 0.25) is 5.79 Å². The average molecular weight is 356 g/mol. The first kappa shape index (κ1) is 20.1. The summed E-state index contributed by atoms with van der Waals surface area (Å²) in [7, 11) is 2.90. The molecule has 4 unspecified atom stereocenters. The predicted molar refractivity (Wildman–Crippen MR) is 89.1 cm³/mol. The molecule has 0 aromatic carbocycles. The molecule has 2 heterocycles. The number of rotatable bonds is 9. The van der Waals surface area contributed by atoms with Crippen LogP contribution in [-0.4, -0.2) is 44.3 Å². The summed E-state index contributed by atoms with van der Waals surface area (Å²) < 4.78 is 10.1. The van der Waals surface area contributed by atoms with Crippen molar-refractivity contribution in [3.63, 3.8) is 0 Å². The van der Waals surface area contributed by atoms with Crippen molar-refractivity contribution in [1.29, 1.82) is 0 Å². The molecule has 7 nitrogen and oxygen atoms in total. The van der Waals surface area contributed by atoms with Crippen molar-refractivity contribution in [2.45, 2.75) is 69.5 Å². The Morgan fingerprint density at radius 2 is 1.76 bits per heavy atom. The second-order valence-corrected chi connectivity index (χ2v) is 6.21. The Bertz CT molecular complexity index is 476. The Balaban J connectivity index is 1.76.